The highest BCUT2D eigenvalue weighted by atomic mass is 16.6. The van der Waals surface area contributed by atoms with Gasteiger partial charge in [-0.2, -0.15) is 0 Å². The highest BCUT2D eigenvalue weighted by Gasteiger charge is 2.37. The molecule has 0 aliphatic carbocycles. The Kier molecular flexibility index (Phi) is 4.24. The van der Waals surface area contributed by atoms with Gasteiger partial charge >= 0.3 is 6.09 Å². The molecule has 2 aromatic rings. The van der Waals surface area contributed by atoms with E-state index in [9.17, 15) is 9.59 Å². The highest BCUT2D eigenvalue weighted by molar-refractivity contribution is 6.02. The number of amides is 2. The monoisotopic (exact) mass is 307 g/mol. The molecule has 1 saturated heterocycles. The van der Waals surface area contributed by atoms with Gasteiger partial charge in [0.05, 0.1) is 0 Å². The minimum atomic E-state index is -0.600. The van der Waals surface area contributed by atoms with Crippen molar-refractivity contribution in [1.82, 2.24) is 4.90 Å². The van der Waals surface area contributed by atoms with E-state index in [1.807, 2.05) is 61.5 Å². The predicted molar refractivity (Wildman–Crippen MR) is 87.6 cm³/mol. The number of benzene rings is 2. The molecule has 1 atom stereocenters. The maximum atomic E-state index is 12.4. The number of carbonyl (C=O) groups is 2. The third-order valence-electron chi connectivity index (χ3n) is 3.79. The van der Waals surface area contributed by atoms with Gasteiger partial charge in [0.25, 0.3) is 5.91 Å². The lowest BCUT2D eigenvalue weighted by Crippen LogP contribution is -2.32. The number of aryl methyl sites for hydroxylation is 1. The quantitative estimate of drug-likeness (QED) is 0.812. The molecule has 0 N–H and O–H groups in total. The molecule has 116 valence electrons. The molecule has 0 spiro atoms. The van der Waals surface area contributed by atoms with Crippen molar-refractivity contribution in [2.45, 2.75) is 13.0 Å². The summed E-state index contributed by atoms with van der Waals surface area (Å²) in [6.07, 6.45) is 2.51. The average Bonchev–Trinajstić information content (AvgIpc) is 2.96. The van der Waals surface area contributed by atoms with Crippen molar-refractivity contribution in [1.29, 1.82) is 0 Å². The number of cyclic esters (lactones) is 1. The van der Waals surface area contributed by atoms with Crippen molar-refractivity contribution in [3.8, 4) is 0 Å². The van der Waals surface area contributed by atoms with Gasteiger partial charge in [-0.05, 0) is 24.1 Å². The third kappa shape index (κ3) is 3.31. The lowest BCUT2D eigenvalue weighted by atomic mass is 10.1. The van der Waals surface area contributed by atoms with Crippen LogP contribution in [0.2, 0.25) is 0 Å². The first-order valence-corrected chi connectivity index (χ1v) is 7.45. The topological polar surface area (TPSA) is 46.6 Å². The van der Waals surface area contributed by atoms with Gasteiger partial charge in [0.2, 0.25) is 0 Å². The van der Waals surface area contributed by atoms with E-state index >= 15 is 0 Å². The van der Waals surface area contributed by atoms with Crippen LogP contribution in [0.5, 0.6) is 0 Å². The minimum Gasteiger partial charge on any atom is -0.446 e. The predicted octanol–water partition coefficient (Wildman–Crippen LogP) is 3.73. The van der Waals surface area contributed by atoms with Crippen LogP contribution in [-0.2, 0) is 9.53 Å². The van der Waals surface area contributed by atoms with Crippen LogP contribution < -0.4 is 0 Å². The second kappa shape index (κ2) is 6.48. The van der Waals surface area contributed by atoms with Crippen LogP contribution >= 0.6 is 0 Å². The average molecular weight is 307 g/mol. The first-order chi connectivity index (χ1) is 11.1. The number of hydrogen-bond acceptors (Lipinski definition) is 3. The Morgan fingerprint density at radius 1 is 1.13 bits per heavy atom. The van der Waals surface area contributed by atoms with Crippen LogP contribution in [0.1, 0.15) is 22.7 Å². The SMILES string of the molecule is Cc1ccc(/C=C/C(=O)N2C(=O)OC[C@H]2c2ccccc2)cc1. The molecular formula is C19H17NO3. The molecule has 1 heterocycles. The fraction of sp³-hybridized carbons (Fsp3) is 0.158. The van der Waals surface area contributed by atoms with E-state index in [-0.39, 0.29) is 18.6 Å². The van der Waals surface area contributed by atoms with Crippen molar-refractivity contribution in [2.24, 2.45) is 0 Å². The molecule has 0 aromatic heterocycles. The first-order valence-electron chi connectivity index (χ1n) is 7.45. The van der Waals surface area contributed by atoms with Gasteiger partial charge in [0.1, 0.15) is 12.6 Å². The van der Waals surface area contributed by atoms with E-state index in [2.05, 4.69) is 0 Å². The smallest absolute Gasteiger partial charge is 0.417 e. The molecule has 0 saturated carbocycles. The molecule has 3 rings (SSSR count). The van der Waals surface area contributed by atoms with Crippen molar-refractivity contribution < 1.29 is 14.3 Å². The molecule has 0 radical (unpaired) electrons. The van der Waals surface area contributed by atoms with Gasteiger partial charge in [-0.25, -0.2) is 9.69 Å². The second-order valence-electron chi connectivity index (χ2n) is 5.46. The summed E-state index contributed by atoms with van der Waals surface area (Å²) in [5.74, 6) is -0.373. The lowest BCUT2D eigenvalue weighted by molar-refractivity contribution is -0.124. The number of carbonyl (C=O) groups excluding carboxylic acids is 2. The van der Waals surface area contributed by atoms with Crippen LogP contribution in [0.25, 0.3) is 6.08 Å². The van der Waals surface area contributed by atoms with Gasteiger partial charge in [0, 0.05) is 6.08 Å². The van der Waals surface area contributed by atoms with E-state index in [0.29, 0.717) is 0 Å². The van der Waals surface area contributed by atoms with Crippen LogP contribution in [0.15, 0.2) is 60.7 Å². The largest absolute Gasteiger partial charge is 0.446 e. The van der Waals surface area contributed by atoms with Gasteiger partial charge in [-0.1, -0.05) is 60.2 Å². The molecule has 23 heavy (non-hydrogen) atoms. The summed E-state index contributed by atoms with van der Waals surface area (Å²) in [4.78, 5) is 25.5. The fourth-order valence-corrected chi connectivity index (χ4v) is 2.51. The van der Waals surface area contributed by atoms with Crippen LogP contribution in [-0.4, -0.2) is 23.5 Å². The molecule has 1 aliphatic rings. The molecule has 4 nitrogen and oxygen atoms in total. The molecule has 0 bridgehead atoms. The van der Waals surface area contributed by atoms with Crippen molar-refractivity contribution in [2.75, 3.05) is 6.61 Å². The van der Waals surface area contributed by atoms with E-state index in [1.54, 1.807) is 6.08 Å². The van der Waals surface area contributed by atoms with E-state index < -0.39 is 6.09 Å². The normalized spacial score (nSPS) is 17.5. The van der Waals surface area contributed by atoms with Gasteiger partial charge < -0.3 is 4.74 Å². The maximum Gasteiger partial charge on any atom is 0.417 e. The zero-order chi connectivity index (χ0) is 16.2. The van der Waals surface area contributed by atoms with Crippen LogP contribution in [0, 0.1) is 6.92 Å². The maximum absolute atomic E-state index is 12.4. The second-order valence-corrected chi connectivity index (χ2v) is 5.46. The van der Waals surface area contributed by atoms with Crippen molar-refractivity contribution in [3.63, 3.8) is 0 Å². The molecule has 4 heteroatoms. The number of hydrogen-bond donors (Lipinski definition) is 0. The summed E-state index contributed by atoms with van der Waals surface area (Å²) in [6, 6.07) is 16.8. The summed E-state index contributed by atoms with van der Waals surface area (Å²) in [5, 5.41) is 0. The lowest BCUT2D eigenvalue weighted by Gasteiger charge is -2.18. The minimum absolute atomic E-state index is 0.187. The zero-order valence-electron chi connectivity index (χ0n) is 12.8. The van der Waals surface area contributed by atoms with E-state index in [0.717, 1.165) is 16.7 Å². The number of nitrogens with zero attached hydrogens (tertiary/aromatic N) is 1. The Hall–Kier alpha value is -2.88. The Morgan fingerprint density at radius 3 is 2.52 bits per heavy atom. The number of imide groups is 1. The van der Waals surface area contributed by atoms with E-state index in [1.165, 1.54) is 11.0 Å². The summed E-state index contributed by atoms with van der Waals surface area (Å²) in [5.41, 5.74) is 2.95. The summed E-state index contributed by atoms with van der Waals surface area (Å²) >= 11 is 0. The third-order valence-corrected chi connectivity index (χ3v) is 3.79. The Balaban J connectivity index is 1.79. The van der Waals surface area contributed by atoms with Crippen molar-refractivity contribution in [3.05, 3.63) is 77.4 Å². The van der Waals surface area contributed by atoms with E-state index in [4.69, 9.17) is 4.74 Å². The molecule has 0 unspecified atom stereocenters. The van der Waals surface area contributed by atoms with Crippen LogP contribution in [0.3, 0.4) is 0 Å². The molecule has 1 aliphatic heterocycles. The number of ether oxygens (including phenoxy) is 1. The Labute approximate surface area is 135 Å². The summed E-state index contributed by atoms with van der Waals surface area (Å²) < 4.78 is 5.05. The van der Waals surface area contributed by atoms with Crippen LogP contribution in [0.4, 0.5) is 4.79 Å². The standard InChI is InChI=1S/C19H17NO3/c1-14-7-9-15(10-8-14)11-12-18(21)20-17(13-23-19(20)22)16-5-3-2-4-6-16/h2-12,17H,13H2,1H3/b12-11+/t17-/m0/s1. The highest BCUT2D eigenvalue weighted by Crippen LogP contribution is 2.27. The molecule has 1 fully saturated rings. The Morgan fingerprint density at radius 2 is 1.83 bits per heavy atom. The summed E-state index contributed by atoms with van der Waals surface area (Å²) in [6.45, 7) is 2.19. The summed E-state index contributed by atoms with van der Waals surface area (Å²) in [7, 11) is 0. The molecule has 2 amide bonds. The van der Waals surface area contributed by atoms with Gasteiger partial charge in [0.15, 0.2) is 0 Å². The van der Waals surface area contributed by atoms with Gasteiger partial charge in [-0.15, -0.1) is 0 Å². The zero-order valence-corrected chi connectivity index (χ0v) is 12.8. The fourth-order valence-electron chi connectivity index (χ4n) is 2.51. The molecule has 2 aromatic carbocycles. The van der Waals surface area contributed by atoms with Gasteiger partial charge in [-0.3, -0.25) is 4.79 Å². The first kappa shape index (κ1) is 15.0. The molecular weight excluding hydrogens is 290 g/mol. The van der Waals surface area contributed by atoms with Crippen molar-refractivity contribution >= 4 is 18.1 Å². The Bertz CT molecular complexity index is 735. The number of rotatable bonds is 3.